The molecule has 4 nitrogen and oxygen atoms in total. The molecule has 1 saturated heterocycles. The van der Waals surface area contributed by atoms with Gasteiger partial charge in [0.1, 0.15) is 0 Å². The van der Waals surface area contributed by atoms with E-state index in [4.69, 9.17) is 10.5 Å². The van der Waals surface area contributed by atoms with Gasteiger partial charge in [-0.25, -0.2) is 0 Å². The van der Waals surface area contributed by atoms with E-state index in [9.17, 15) is 4.79 Å². The summed E-state index contributed by atoms with van der Waals surface area (Å²) in [5, 5.41) is 3.17. The molecule has 0 aromatic heterocycles. The second-order valence-electron chi connectivity index (χ2n) is 6.61. The Balaban J connectivity index is 1.77. The van der Waals surface area contributed by atoms with Gasteiger partial charge in [-0.3, -0.25) is 4.79 Å². The van der Waals surface area contributed by atoms with E-state index in [0.717, 1.165) is 58.4 Å². The zero-order valence-electron chi connectivity index (χ0n) is 12.1. The lowest BCUT2D eigenvalue weighted by atomic mass is 9.80. The lowest BCUT2D eigenvalue weighted by Crippen LogP contribution is -2.42. The fourth-order valence-electron chi connectivity index (χ4n) is 3.23. The van der Waals surface area contributed by atoms with Crippen molar-refractivity contribution in [2.75, 3.05) is 26.3 Å². The average Bonchev–Trinajstić information content (AvgIpc) is 2.46. The van der Waals surface area contributed by atoms with E-state index in [1.165, 1.54) is 6.42 Å². The van der Waals surface area contributed by atoms with Crippen LogP contribution in [0.4, 0.5) is 0 Å². The molecule has 0 bridgehead atoms. The third-order valence-electron chi connectivity index (χ3n) is 4.88. The van der Waals surface area contributed by atoms with Gasteiger partial charge in [-0.2, -0.15) is 0 Å². The zero-order chi connectivity index (χ0) is 13.7. The van der Waals surface area contributed by atoms with Crippen molar-refractivity contribution < 1.29 is 9.53 Å². The van der Waals surface area contributed by atoms with Gasteiger partial charge in [0, 0.05) is 25.7 Å². The van der Waals surface area contributed by atoms with Crippen LogP contribution in [-0.2, 0) is 9.53 Å². The molecule has 110 valence electrons. The summed E-state index contributed by atoms with van der Waals surface area (Å²) >= 11 is 0. The van der Waals surface area contributed by atoms with Crippen molar-refractivity contribution in [3.8, 4) is 0 Å². The Labute approximate surface area is 116 Å². The highest BCUT2D eigenvalue weighted by Gasteiger charge is 2.30. The molecule has 0 aromatic rings. The highest BCUT2D eigenvalue weighted by Crippen LogP contribution is 2.31. The second-order valence-corrected chi connectivity index (χ2v) is 6.61. The Hall–Kier alpha value is -0.610. The number of hydrogen-bond donors (Lipinski definition) is 2. The molecule has 2 unspecified atom stereocenters. The zero-order valence-corrected chi connectivity index (χ0v) is 12.1. The van der Waals surface area contributed by atoms with Gasteiger partial charge in [0.15, 0.2) is 0 Å². The summed E-state index contributed by atoms with van der Waals surface area (Å²) in [5.41, 5.74) is 5.95. The van der Waals surface area contributed by atoms with Gasteiger partial charge in [-0.15, -0.1) is 0 Å². The molecule has 0 spiro atoms. The van der Waals surface area contributed by atoms with Crippen LogP contribution in [0.1, 0.15) is 45.4 Å². The number of nitrogens with one attached hydrogen (secondary N) is 1. The number of ether oxygens (including phenoxy) is 1. The van der Waals surface area contributed by atoms with Crippen LogP contribution in [0.3, 0.4) is 0 Å². The maximum absolute atomic E-state index is 12.3. The predicted molar refractivity (Wildman–Crippen MR) is 75.7 cm³/mol. The van der Waals surface area contributed by atoms with Crippen molar-refractivity contribution >= 4 is 5.91 Å². The van der Waals surface area contributed by atoms with Gasteiger partial charge in [0.2, 0.25) is 5.91 Å². The third-order valence-corrected chi connectivity index (χ3v) is 4.88. The summed E-state index contributed by atoms with van der Waals surface area (Å²) in [5.74, 6) is 0.972. The van der Waals surface area contributed by atoms with Crippen LogP contribution in [0.5, 0.6) is 0 Å². The van der Waals surface area contributed by atoms with Gasteiger partial charge in [-0.05, 0) is 50.0 Å². The quantitative estimate of drug-likeness (QED) is 0.815. The first-order valence-corrected chi connectivity index (χ1v) is 7.68. The number of hydrogen-bond acceptors (Lipinski definition) is 3. The summed E-state index contributed by atoms with van der Waals surface area (Å²) < 4.78 is 5.39. The lowest BCUT2D eigenvalue weighted by Gasteiger charge is -2.34. The Morgan fingerprint density at radius 2 is 2.11 bits per heavy atom. The molecule has 1 saturated carbocycles. The van der Waals surface area contributed by atoms with Crippen molar-refractivity contribution in [3.63, 3.8) is 0 Å². The molecule has 1 amide bonds. The molecule has 3 N–H and O–H groups in total. The fourth-order valence-corrected chi connectivity index (χ4v) is 3.23. The molecule has 2 fully saturated rings. The molecule has 4 heteroatoms. The van der Waals surface area contributed by atoms with E-state index >= 15 is 0 Å². The number of carbonyl (C=O) groups excluding carboxylic acids is 1. The van der Waals surface area contributed by atoms with Crippen molar-refractivity contribution in [3.05, 3.63) is 0 Å². The summed E-state index contributed by atoms with van der Waals surface area (Å²) in [7, 11) is 0. The first-order valence-electron chi connectivity index (χ1n) is 7.68. The molecule has 1 heterocycles. The smallest absolute Gasteiger partial charge is 0.223 e. The van der Waals surface area contributed by atoms with E-state index in [2.05, 4.69) is 12.2 Å². The molecule has 2 atom stereocenters. The second kappa shape index (κ2) is 6.71. The fraction of sp³-hybridized carbons (Fsp3) is 0.933. The van der Waals surface area contributed by atoms with Crippen molar-refractivity contribution in [1.29, 1.82) is 0 Å². The van der Waals surface area contributed by atoms with Crippen LogP contribution >= 0.6 is 0 Å². The molecule has 0 aromatic carbocycles. The highest BCUT2D eigenvalue weighted by molar-refractivity contribution is 5.78. The first-order chi connectivity index (χ1) is 9.13. The molecule has 0 radical (unpaired) electrons. The normalized spacial score (nSPS) is 30.8. The van der Waals surface area contributed by atoms with Crippen molar-refractivity contribution in [2.45, 2.75) is 45.4 Å². The molecule has 1 aliphatic heterocycles. The molecular formula is C15H28N2O2. The summed E-state index contributed by atoms with van der Waals surface area (Å²) in [6.45, 7) is 5.41. The molecule has 2 aliphatic rings. The predicted octanol–water partition coefficient (Wildman–Crippen LogP) is 1.68. The Morgan fingerprint density at radius 1 is 1.37 bits per heavy atom. The number of amides is 1. The van der Waals surface area contributed by atoms with Crippen molar-refractivity contribution in [2.24, 2.45) is 23.0 Å². The Bertz CT molecular complexity index is 301. The van der Waals surface area contributed by atoms with Crippen LogP contribution in [0, 0.1) is 17.3 Å². The minimum Gasteiger partial charge on any atom is -0.381 e. The summed E-state index contributed by atoms with van der Waals surface area (Å²) in [6, 6.07) is 0. The molecule has 1 aliphatic carbocycles. The number of carbonyl (C=O) groups is 1. The number of rotatable bonds is 4. The summed E-state index contributed by atoms with van der Waals surface area (Å²) in [4.78, 5) is 12.3. The SMILES string of the molecule is CC1(CNC(=O)C2CCCC(CN)C2)CCOCC1. The van der Waals surface area contributed by atoms with E-state index in [0.29, 0.717) is 5.92 Å². The maximum Gasteiger partial charge on any atom is 0.223 e. The van der Waals surface area contributed by atoms with E-state index in [1.54, 1.807) is 0 Å². The maximum atomic E-state index is 12.3. The van der Waals surface area contributed by atoms with Crippen LogP contribution in [0.2, 0.25) is 0 Å². The monoisotopic (exact) mass is 268 g/mol. The topological polar surface area (TPSA) is 64.4 Å². The van der Waals surface area contributed by atoms with Crippen LogP contribution in [0.25, 0.3) is 0 Å². The minimum atomic E-state index is 0.186. The number of nitrogens with two attached hydrogens (primary N) is 1. The van der Waals surface area contributed by atoms with Crippen LogP contribution in [0.15, 0.2) is 0 Å². The average molecular weight is 268 g/mol. The highest BCUT2D eigenvalue weighted by atomic mass is 16.5. The van der Waals surface area contributed by atoms with Gasteiger partial charge in [0.25, 0.3) is 0 Å². The molecule has 19 heavy (non-hydrogen) atoms. The van der Waals surface area contributed by atoms with Crippen LogP contribution < -0.4 is 11.1 Å². The third kappa shape index (κ3) is 4.18. The standard InChI is InChI=1S/C15H28N2O2/c1-15(5-7-19-8-6-15)11-17-14(18)13-4-2-3-12(9-13)10-16/h12-13H,2-11,16H2,1H3,(H,17,18). The lowest BCUT2D eigenvalue weighted by molar-refractivity contribution is -0.127. The van der Waals surface area contributed by atoms with E-state index in [-0.39, 0.29) is 17.2 Å². The Kier molecular flexibility index (Phi) is 5.22. The molecular weight excluding hydrogens is 240 g/mol. The van der Waals surface area contributed by atoms with Crippen molar-refractivity contribution in [1.82, 2.24) is 5.32 Å². The van der Waals surface area contributed by atoms with Gasteiger partial charge >= 0.3 is 0 Å². The van der Waals surface area contributed by atoms with Gasteiger partial charge < -0.3 is 15.8 Å². The Morgan fingerprint density at radius 3 is 2.79 bits per heavy atom. The minimum absolute atomic E-state index is 0.186. The van der Waals surface area contributed by atoms with E-state index in [1.807, 2.05) is 0 Å². The van der Waals surface area contributed by atoms with Crippen LogP contribution in [-0.4, -0.2) is 32.2 Å². The largest absolute Gasteiger partial charge is 0.381 e. The van der Waals surface area contributed by atoms with Gasteiger partial charge in [-0.1, -0.05) is 13.3 Å². The molecule has 2 rings (SSSR count). The first kappa shape index (κ1) is 14.8. The van der Waals surface area contributed by atoms with Gasteiger partial charge in [0.05, 0.1) is 0 Å². The summed E-state index contributed by atoms with van der Waals surface area (Å²) in [6.07, 6.45) is 6.43. The van der Waals surface area contributed by atoms with E-state index < -0.39 is 0 Å².